The molecule has 2 heterocycles. The molecule has 5 nitrogen and oxygen atoms in total. The first-order valence-electron chi connectivity index (χ1n) is 9.70. The third-order valence-corrected chi connectivity index (χ3v) is 5.53. The van der Waals surface area contributed by atoms with Crippen LogP contribution in [0.5, 0.6) is 0 Å². The number of hydrogen-bond donors (Lipinski definition) is 1. The summed E-state index contributed by atoms with van der Waals surface area (Å²) in [6.45, 7) is 5.21. The molecule has 0 aliphatic carbocycles. The van der Waals surface area contributed by atoms with Gasteiger partial charge in [-0.25, -0.2) is 0 Å². The van der Waals surface area contributed by atoms with Gasteiger partial charge in [-0.15, -0.1) is 0 Å². The Morgan fingerprint density at radius 3 is 2.44 bits per heavy atom. The third kappa shape index (κ3) is 3.68. The number of anilines is 2. The Balaban J connectivity index is 1.40. The van der Waals surface area contributed by atoms with Crippen LogP contribution >= 0.6 is 0 Å². The molecule has 2 aromatic carbocycles. The summed E-state index contributed by atoms with van der Waals surface area (Å²) in [6, 6.07) is 14.2. The Morgan fingerprint density at radius 2 is 1.74 bits per heavy atom. The number of carbonyl (C=O) groups excluding carboxylic acids is 2. The van der Waals surface area contributed by atoms with Gasteiger partial charge >= 0.3 is 0 Å². The molecule has 0 aromatic heterocycles. The van der Waals surface area contributed by atoms with Gasteiger partial charge in [-0.05, 0) is 54.3 Å². The molecule has 0 atom stereocenters. The van der Waals surface area contributed by atoms with E-state index in [2.05, 4.69) is 29.3 Å². The highest BCUT2D eigenvalue weighted by Gasteiger charge is 2.23. The van der Waals surface area contributed by atoms with Crippen molar-refractivity contribution in [2.75, 3.05) is 36.4 Å². The maximum atomic E-state index is 12.7. The fraction of sp³-hybridized carbons (Fsp3) is 0.364. The molecule has 0 unspecified atom stereocenters. The van der Waals surface area contributed by atoms with Crippen molar-refractivity contribution >= 4 is 23.2 Å². The lowest BCUT2D eigenvalue weighted by Gasteiger charge is -2.36. The van der Waals surface area contributed by atoms with Crippen LogP contribution in [0.25, 0.3) is 0 Å². The van der Waals surface area contributed by atoms with Crippen molar-refractivity contribution in [3.8, 4) is 0 Å². The summed E-state index contributed by atoms with van der Waals surface area (Å²) in [5, 5.41) is 2.93. The smallest absolute Gasteiger partial charge is 0.253 e. The number of aryl methyl sites for hydroxylation is 2. The highest BCUT2D eigenvalue weighted by molar-refractivity contribution is 5.95. The van der Waals surface area contributed by atoms with E-state index in [1.54, 1.807) is 0 Å². The van der Waals surface area contributed by atoms with Crippen molar-refractivity contribution in [2.24, 2.45) is 0 Å². The Morgan fingerprint density at radius 1 is 1.00 bits per heavy atom. The van der Waals surface area contributed by atoms with E-state index >= 15 is 0 Å². The van der Waals surface area contributed by atoms with E-state index in [1.807, 2.05) is 35.2 Å². The Kier molecular flexibility index (Phi) is 4.84. The maximum Gasteiger partial charge on any atom is 0.253 e. The number of rotatable bonds is 3. The molecule has 5 heteroatoms. The van der Waals surface area contributed by atoms with Crippen LogP contribution in [0, 0.1) is 0 Å². The second kappa shape index (κ2) is 7.43. The molecule has 0 radical (unpaired) electrons. The van der Waals surface area contributed by atoms with Gasteiger partial charge in [0.05, 0.1) is 0 Å². The normalized spacial score (nSPS) is 16.7. The number of amides is 2. The van der Waals surface area contributed by atoms with Gasteiger partial charge in [0.25, 0.3) is 5.91 Å². The van der Waals surface area contributed by atoms with Gasteiger partial charge in [0.1, 0.15) is 0 Å². The summed E-state index contributed by atoms with van der Waals surface area (Å²) in [5.41, 5.74) is 5.32. The van der Waals surface area contributed by atoms with E-state index < -0.39 is 0 Å². The third-order valence-electron chi connectivity index (χ3n) is 5.53. The molecule has 2 aliphatic rings. The lowest BCUT2D eigenvalue weighted by atomic mass is 10.0. The monoisotopic (exact) mass is 363 g/mol. The molecule has 0 bridgehead atoms. The van der Waals surface area contributed by atoms with E-state index in [-0.39, 0.29) is 11.8 Å². The molecule has 2 aromatic rings. The largest absolute Gasteiger partial charge is 0.368 e. The van der Waals surface area contributed by atoms with Gasteiger partial charge in [-0.2, -0.15) is 0 Å². The van der Waals surface area contributed by atoms with Crippen LogP contribution < -0.4 is 10.2 Å². The number of nitrogens with zero attached hydrogens (tertiary/aromatic N) is 2. The van der Waals surface area contributed by atoms with Gasteiger partial charge in [-0.1, -0.05) is 19.1 Å². The topological polar surface area (TPSA) is 52.7 Å². The molecule has 1 saturated heterocycles. The van der Waals surface area contributed by atoms with Crippen molar-refractivity contribution in [2.45, 2.75) is 26.2 Å². The number of piperazine rings is 1. The first-order chi connectivity index (χ1) is 13.1. The highest BCUT2D eigenvalue weighted by atomic mass is 16.2. The molecule has 0 spiro atoms. The van der Waals surface area contributed by atoms with E-state index in [1.165, 1.54) is 16.8 Å². The quantitative estimate of drug-likeness (QED) is 0.912. The summed E-state index contributed by atoms with van der Waals surface area (Å²) in [5.74, 6) is 0.208. The molecular weight excluding hydrogens is 338 g/mol. The number of nitrogens with one attached hydrogen (secondary N) is 1. The average Bonchev–Trinajstić information content (AvgIpc) is 2.73. The minimum Gasteiger partial charge on any atom is -0.368 e. The molecule has 27 heavy (non-hydrogen) atoms. The lowest BCUT2D eigenvalue weighted by Crippen LogP contribution is -2.48. The zero-order valence-corrected chi connectivity index (χ0v) is 15.7. The van der Waals surface area contributed by atoms with Crippen LogP contribution in [-0.4, -0.2) is 42.9 Å². The summed E-state index contributed by atoms with van der Waals surface area (Å²) in [4.78, 5) is 28.5. The minimum absolute atomic E-state index is 0.0920. The summed E-state index contributed by atoms with van der Waals surface area (Å²) in [7, 11) is 0. The highest BCUT2D eigenvalue weighted by Crippen LogP contribution is 2.28. The van der Waals surface area contributed by atoms with Crippen molar-refractivity contribution < 1.29 is 9.59 Å². The molecule has 2 amide bonds. The van der Waals surface area contributed by atoms with Crippen LogP contribution in [0.3, 0.4) is 0 Å². The second-order valence-electron chi connectivity index (χ2n) is 7.22. The zero-order chi connectivity index (χ0) is 18.8. The fourth-order valence-electron chi connectivity index (χ4n) is 3.80. The maximum absolute atomic E-state index is 12.7. The van der Waals surface area contributed by atoms with E-state index in [0.29, 0.717) is 6.42 Å². The average molecular weight is 363 g/mol. The van der Waals surface area contributed by atoms with Crippen LogP contribution in [0.2, 0.25) is 0 Å². The summed E-state index contributed by atoms with van der Waals surface area (Å²) < 4.78 is 0. The van der Waals surface area contributed by atoms with Crippen LogP contribution in [0.4, 0.5) is 11.4 Å². The Hall–Kier alpha value is -2.82. The molecule has 1 N–H and O–H groups in total. The van der Waals surface area contributed by atoms with Gasteiger partial charge in [0.2, 0.25) is 5.91 Å². The van der Waals surface area contributed by atoms with Crippen molar-refractivity contribution in [3.05, 3.63) is 59.2 Å². The van der Waals surface area contributed by atoms with Gasteiger partial charge < -0.3 is 15.1 Å². The molecular formula is C22H25N3O2. The van der Waals surface area contributed by atoms with Gasteiger partial charge in [0, 0.05) is 49.5 Å². The molecule has 2 aliphatic heterocycles. The number of fused-ring (bicyclic) bond motifs is 1. The Labute approximate surface area is 160 Å². The minimum atomic E-state index is 0.0920. The van der Waals surface area contributed by atoms with Crippen LogP contribution in [-0.2, 0) is 17.6 Å². The fourth-order valence-corrected chi connectivity index (χ4v) is 3.80. The Bertz CT molecular complexity index is 852. The summed E-state index contributed by atoms with van der Waals surface area (Å²) >= 11 is 0. The number of carbonyl (C=O) groups is 2. The van der Waals surface area contributed by atoms with Crippen LogP contribution in [0.15, 0.2) is 42.5 Å². The van der Waals surface area contributed by atoms with E-state index in [0.717, 1.165) is 50.3 Å². The molecule has 0 saturated carbocycles. The van der Waals surface area contributed by atoms with E-state index in [4.69, 9.17) is 0 Å². The van der Waals surface area contributed by atoms with Crippen molar-refractivity contribution in [3.63, 3.8) is 0 Å². The zero-order valence-electron chi connectivity index (χ0n) is 15.7. The standard InChI is InChI=1S/C22H25N3O2/c1-2-16-3-5-17(6-4-16)22(27)25-13-11-24(12-14-25)19-8-9-20-18(15-19)7-10-21(26)23-20/h3-6,8-9,15H,2,7,10-14H2,1H3,(H,23,26). The predicted molar refractivity (Wildman–Crippen MR) is 107 cm³/mol. The SMILES string of the molecule is CCc1ccc(C(=O)N2CCN(c3ccc4c(c3)CCC(=O)N4)CC2)cc1. The second-order valence-corrected chi connectivity index (χ2v) is 7.22. The van der Waals surface area contributed by atoms with E-state index in [9.17, 15) is 9.59 Å². The molecule has 140 valence electrons. The lowest BCUT2D eigenvalue weighted by molar-refractivity contribution is -0.116. The molecule has 1 fully saturated rings. The first-order valence-corrected chi connectivity index (χ1v) is 9.70. The molecule has 4 rings (SSSR count). The summed E-state index contributed by atoms with van der Waals surface area (Å²) in [6.07, 6.45) is 2.33. The van der Waals surface area contributed by atoms with Gasteiger partial charge in [-0.3, -0.25) is 9.59 Å². The van der Waals surface area contributed by atoms with Gasteiger partial charge in [0.15, 0.2) is 0 Å². The first kappa shape index (κ1) is 17.6. The number of hydrogen-bond acceptors (Lipinski definition) is 3. The number of benzene rings is 2. The van der Waals surface area contributed by atoms with Crippen molar-refractivity contribution in [1.82, 2.24) is 4.90 Å². The predicted octanol–water partition coefficient (Wildman–Crippen LogP) is 3.10. The van der Waals surface area contributed by atoms with Crippen molar-refractivity contribution in [1.29, 1.82) is 0 Å². The van der Waals surface area contributed by atoms with Crippen LogP contribution in [0.1, 0.15) is 34.8 Å².